The average molecular weight is 271 g/mol. The van der Waals surface area contributed by atoms with Crippen molar-refractivity contribution in [2.24, 2.45) is 5.92 Å². The number of methoxy groups -OCH3 is 1. The smallest absolute Gasteiger partial charge is 0.306 e. The van der Waals surface area contributed by atoms with Gasteiger partial charge in [0.2, 0.25) is 0 Å². The van der Waals surface area contributed by atoms with Gasteiger partial charge in [-0.3, -0.25) is 4.79 Å². The summed E-state index contributed by atoms with van der Waals surface area (Å²) in [7, 11) is 1.59. The lowest BCUT2D eigenvalue weighted by Gasteiger charge is -2.19. The van der Waals surface area contributed by atoms with E-state index in [0.29, 0.717) is 17.2 Å². The number of aliphatic carboxylic acids is 1. The molecule has 0 saturated carbocycles. The number of carbonyl (C=O) groups is 1. The molecule has 1 unspecified atom stereocenters. The summed E-state index contributed by atoms with van der Waals surface area (Å²) in [6, 6.07) is 0. The molecule has 4 heteroatoms. The van der Waals surface area contributed by atoms with E-state index in [4.69, 9.17) is 21.4 Å². The fourth-order valence-corrected chi connectivity index (χ4v) is 2.42. The minimum absolute atomic E-state index is 0.425. The van der Waals surface area contributed by atoms with Crippen LogP contribution in [0.1, 0.15) is 29.2 Å². The lowest BCUT2D eigenvalue weighted by molar-refractivity contribution is -0.141. The van der Waals surface area contributed by atoms with Gasteiger partial charge in [0.1, 0.15) is 5.75 Å². The van der Waals surface area contributed by atoms with E-state index in [1.807, 2.05) is 20.8 Å². The molecule has 0 aliphatic heterocycles. The van der Waals surface area contributed by atoms with Crippen molar-refractivity contribution in [1.29, 1.82) is 0 Å². The van der Waals surface area contributed by atoms with Crippen molar-refractivity contribution in [3.63, 3.8) is 0 Å². The second kappa shape index (κ2) is 5.61. The van der Waals surface area contributed by atoms with Crippen molar-refractivity contribution >= 4 is 17.6 Å². The van der Waals surface area contributed by atoms with E-state index in [1.54, 1.807) is 14.0 Å². The summed E-state index contributed by atoms with van der Waals surface area (Å²) in [6.07, 6.45) is 0.484. The molecular weight excluding hydrogens is 252 g/mol. The van der Waals surface area contributed by atoms with E-state index in [-0.39, 0.29) is 0 Å². The summed E-state index contributed by atoms with van der Waals surface area (Å²) < 4.78 is 5.30. The van der Waals surface area contributed by atoms with Crippen molar-refractivity contribution in [3.8, 4) is 5.75 Å². The van der Waals surface area contributed by atoms with E-state index >= 15 is 0 Å². The van der Waals surface area contributed by atoms with Crippen LogP contribution in [0.2, 0.25) is 5.02 Å². The molecule has 0 amide bonds. The Morgan fingerprint density at radius 2 is 1.83 bits per heavy atom. The minimum Gasteiger partial charge on any atom is -0.495 e. The third-order valence-corrected chi connectivity index (χ3v) is 3.93. The number of benzene rings is 1. The van der Waals surface area contributed by atoms with Crippen LogP contribution in [0, 0.1) is 26.7 Å². The molecule has 0 bridgehead atoms. The number of carboxylic acid groups (broad SMARTS) is 1. The highest BCUT2D eigenvalue weighted by atomic mass is 35.5. The van der Waals surface area contributed by atoms with Crippen molar-refractivity contribution in [2.45, 2.75) is 34.1 Å². The van der Waals surface area contributed by atoms with Gasteiger partial charge in [-0.15, -0.1) is 0 Å². The zero-order valence-corrected chi connectivity index (χ0v) is 12.2. The molecule has 1 N–H and O–H groups in total. The SMILES string of the molecule is COc1c(C)c(C)c(CC(C)C(=O)O)c(C)c1Cl. The minimum atomic E-state index is -0.793. The zero-order chi connectivity index (χ0) is 14.0. The van der Waals surface area contributed by atoms with E-state index in [0.717, 1.165) is 22.3 Å². The Morgan fingerprint density at radius 3 is 2.28 bits per heavy atom. The Hall–Kier alpha value is -1.22. The Morgan fingerprint density at radius 1 is 1.28 bits per heavy atom. The van der Waals surface area contributed by atoms with Crippen molar-refractivity contribution in [3.05, 3.63) is 27.3 Å². The first-order chi connectivity index (χ1) is 8.31. The fraction of sp³-hybridized carbons (Fsp3) is 0.500. The maximum atomic E-state index is 11.0. The van der Waals surface area contributed by atoms with Gasteiger partial charge in [0.25, 0.3) is 0 Å². The number of ether oxygens (including phenoxy) is 1. The summed E-state index contributed by atoms with van der Waals surface area (Å²) in [4.78, 5) is 11.0. The van der Waals surface area contributed by atoms with Crippen LogP contribution in [0.4, 0.5) is 0 Å². The Kier molecular flexibility index (Phi) is 4.63. The van der Waals surface area contributed by atoms with Gasteiger partial charge in [-0.05, 0) is 49.4 Å². The first kappa shape index (κ1) is 14.8. The first-order valence-electron chi connectivity index (χ1n) is 5.86. The largest absolute Gasteiger partial charge is 0.495 e. The van der Waals surface area contributed by atoms with Crippen LogP contribution in [-0.4, -0.2) is 18.2 Å². The normalized spacial score (nSPS) is 12.3. The van der Waals surface area contributed by atoms with Crippen LogP contribution in [0.15, 0.2) is 0 Å². The Labute approximate surface area is 113 Å². The fourth-order valence-electron chi connectivity index (χ4n) is 2.09. The van der Waals surface area contributed by atoms with Gasteiger partial charge in [-0.1, -0.05) is 18.5 Å². The quantitative estimate of drug-likeness (QED) is 0.910. The molecule has 0 aromatic heterocycles. The van der Waals surface area contributed by atoms with Gasteiger partial charge >= 0.3 is 5.97 Å². The van der Waals surface area contributed by atoms with Crippen LogP contribution in [0.3, 0.4) is 0 Å². The topological polar surface area (TPSA) is 46.5 Å². The molecule has 0 aliphatic rings. The molecule has 0 aliphatic carbocycles. The maximum absolute atomic E-state index is 11.0. The molecule has 0 saturated heterocycles. The number of carboxylic acids is 1. The van der Waals surface area contributed by atoms with Crippen molar-refractivity contribution in [1.82, 2.24) is 0 Å². The predicted octanol–water partition coefficient (Wildman–Crippen LogP) is 3.54. The molecule has 100 valence electrons. The van der Waals surface area contributed by atoms with E-state index < -0.39 is 11.9 Å². The molecule has 3 nitrogen and oxygen atoms in total. The van der Waals surface area contributed by atoms with Gasteiger partial charge < -0.3 is 9.84 Å². The van der Waals surface area contributed by atoms with Gasteiger partial charge in [-0.2, -0.15) is 0 Å². The van der Waals surface area contributed by atoms with E-state index in [1.165, 1.54) is 0 Å². The monoisotopic (exact) mass is 270 g/mol. The van der Waals surface area contributed by atoms with Crippen LogP contribution < -0.4 is 4.74 Å². The highest BCUT2D eigenvalue weighted by molar-refractivity contribution is 6.33. The maximum Gasteiger partial charge on any atom is 0.306 e. The molecule has 1 atom stereocenters. The highest BCUT2D eigenvalue weighted by Crippen LogP contribution is 2.37. The molecule has 0 spiro atoms. The summed E-state index contributed by atoms with van der Waals surface area (Å²) in [5.74, 6) is -0.539. The molecule has 1 rings (SSSR count). The zero-order valence-electron chi connectivity index (χ0n) is 11.4. The second-order valence-corrected chi connectivity index (χ2v) is 5.02. The van der Waals surface area contributed by atoms with Crippen molar-refractivity contribution < 1.29 is 14.6 Å². The van der Waals surface area contributed by atoms with Crippen LogP contribution in [-0.2, 0) is 11.2 Å². The first-order valence-corrected chi connectivity index (χ1v) is 6.23. The van der Waals surface area contributed by atoms with Crippen LogP contribution in [0.5, 0.6) is 5.75 Å². The third-order valence-electron chi connectivity index (χ3n) is 3.47. The lowest BCUT2D eigenvalue weighted by atomic mass is 9.90. The van der Waals surface area contributed by atoms with Crippen molar-refractivity contribution in [2.75, 3.05) is 7.11 Å². The average Bonchev–Trinajstić information content (AvgIpc) is 2.32. The lowest BCUT2D eigenvalue weighted by Crippen LogP contribution is -2.14. The van der Waals surface area contributed by atoms with E-state index in [2.05, 4.69) is 0 Å². The predicted molar refractivity (Wildman–Crippen MR) is 72.7 cm³/mol. The number of halogens is 1. The second-order valence-electron chi connectivity index (χ2n) is 4.64. The van der Waals surface area contributed by atoms with Gasteiger partial charge in [0.05, 0.1) is 18.1 Å². The Balaban J connectivity index is 3.33. The number of hydrogen-bond donors (Lipinski definition) is 1. The molecule has 0 heterocycles. The summed E-state index contributed by atoms with van der Waals surface area (Å²) in [6.45, 7) is 7.52. The third kappa shape index (κ3) is 2.61. The molecule has 0 radical (unpaired) electrons. The van der Waals surface area contributed by atoms with Crippen LogP contribution >= 0.6 is 11.6 Å². The summed E-state index contributed by atoms with van der Waals surface area (Å²) in [5.41, 5.74) is 3.94. The van der Waals surface area contributed by atoms with Gasteiger partial charge in [0, 0.05) is 0 Å². The number of hydrogen-bond acceptors (Lipinski definition) is 2. The van der Waals surface area contributed by atoms with Crippen LogP contribution in [0.25, 0.3) is 0 Å². The number of rotatable bonds is 4. The molecule has 1 aromatic rings. The van der Waals surface area contributed by atoms with E-state index in [9.17, 15) is 4.79 Å². The van der Waals surface area contributed by atoms with Gasteiger partial charge in [0.15, 0.2) is 0 Å². The molecule has 0 fully saturated rings. The molecule has 1 aromatic carbocycles. The summed E-state index contributed by atoms with van der Waals surface area (Å²) in [5, 5.41) is 9.58. The van der Waals surface area contributed by atoms with Gasteiger partial charge in [-0.25, -0.2) is 0 Å². The highest BCUT2D eigenvalue weighted by Gasteiger charge is 2.20. The molecular formula is C14H19ClO3. The standard InChI is InChI=1S/C14H19ClO3/c1-7(14(16)17)6-11-8(2)9(3)13(18-5)12(15)10(11)4/h7H,6H2,1-5H3,(H,16,17). The Bertz CT molecular complexity index is 451. The molecule has 18 heavy (non-hydrogen) atoms. The summed E-state index contributed by atoms with van der Waals surface area (Å²) >= 11 is 6.27.